The minimum Gasteiger partial charge on any atom is -0.494 e. The Kier molecular flexibility index (Phi) is 6.45. The van der Waals surface area contributed by atoms with Gasteiger partial charge in [0.25, 0.3) is 0 Å². The summed E-state index contributed by atoms with van der Waals surface area (Å²) in [4.78, 5) is 14.1. The number of carbonyl (C=O) groups excluding carboxylic acids is 1. The lowest BCUT2D eigenvalue weighted by molar-refractivity contribution is 0.179. The van der Waals surface area contributed by atoms with Crippen LogP contribution in [-0.4, -0.2) is 51.9 Å². The first-order valence-corrected chi connectivity index (χ1v) is 9.55. The van der Waals surface area contributed by atoms with E-state index in [0.717, 1.165) is 17.7 Å². The van der Waals surface area contributed by atoms with Crippen molar-refractivity contribution in [3.05, 3.63) is 29.8 Å². The number of benzene rings is 1. The molecule has 3 atom stereocenters. The molecule has 2 rings (SSSR count). The van der Waals surface area contributed by atoms with Gasteiger partial charge < -0.3 is 15.0 Å². The second-order valence-electron chi connectivity index (χ2n) is 5.75. The molecular weight excluding hydrogens is 312 g/mol. The number of hydrogen-bond acceptors (Lipinski definition) is 3. The molecule has 0 aliphatic carbocycles. The fraction of sp³-hybridized carbons (Fsp3) is 0.588. The number of nitrogens with zero attached hydrogens (tertiary/aromatic N) is 1. The average molecular weight is 338 g/mol. The summed E-state index contributed by atoms with van der Waals surface area (Å²) in [6.45, 7) is 7.61. The third kappa shape index (κ3) is 4.47. The fourth-order valence-electron chi connectivity index (χ4n) is 2.75. The molecule has 0 unspecified atom stereocenters. The molecule has 1 saturated heterocycles. The summed E-state index contributed by atoms with van der Waals surface area (Å²) in [5.74, 6) is 1.44. The van der Waals surface area contributed by atoms with Crippen LogP contribution < -0.4 is 10.1 Å². The fourth-order valence-corrected chi connectivity index (χ4v) is 4.08. The maximum Gasteiger partial charge on any atom is 0.317 e. The normalized spacial score (nSPS) is 24.3. The quantitative estimate of drug-likeness (QED) is 0.895. The van der Waals surface area contributed by atoms with Crippen molar-refractivity contribution in [1.82, 2.24) is 10.2 Å². The summed E-state index contributed by atoms with van der Waals surface area (Å²) in [5, 5.41) is 2.99. The van der Waals surface area contributed by atoms with Crippen LogP contribution in [0.3, 0.4) is 0 Å². The number of rotatable bonds is 5. The van der Waals surface area contributed by atoms with Crippen LogP contribution in [0.1, 0.15) is 26.3 Å². The molecule has 23 heavy (non-hydrogen) atoms. The van der Waals surface area contributed by atoms with E-state index in [2.05, 4.69) is 5.32 Å². The van der Waals surface area contributed by atoms with E-state index >= 15 is 0 Å². The van der Waals surface area contributed by atoms with Crippen molar-refractivity contribution >= 4 is 16.8 Å². The monoisotopic (exact) mass is 338 g/mol. The summed E-state index contributed by atoms with van der Waals surface area (Å²) in [7, 11) is -0.831. The van der Waals surface area contributed by atoms with E-state index in [0.29, 0.717) is 25.4 Å². The van der Waals surface area contributed by atoms with Crippen molar-refractivity contribution < 1.29 is 13.7 Å². The Morgan fingerprint density at radius 3 is 2.87 bits per heavy atom. The molecule has 0 radical (unpaired) electrons. The molecular formula is C17H26N2O3S. The molecule has 1 fully saturated rings. The zero-order chi connectivity index (χ0) is 16.8. The summed E-state index contributed by atoms with van der Waals surface area (Å²) in [6, 6.07) is 7.82. The van der Waals surface area contributed by atoms with E-state index in [1.807, 2.05) is 45.0 Å². The smallest absolute Gasteiger partial charge is 0.317 e. The second-order valence-corrected chi connectivity index (χ2v) is 7.66. The molecule has 2 amide bonds. The first-order chi connectivity index (χ1) is 11.0. The van der Waals surface area contributed by atoms with Crippen molar-refractivity contribution in [3.63, 3.8) is 0 Å². The molecule has 0 spiro atoms. The summed E-state index contributed by atoms with van der Waals surface area (Å²) >= 11 is 0. The Morgan fingerprint density at radius 1 is 1.39 bits per heavy atom. The minimum absolute atomic E-state index is 0.000273. The predicted octanol–water partition coefficient (Wildman–Crippen LogP) is 2.18. The lowest BCUT2D eigenvalue weighted by Gasteiger charge is -2.37. The number of carbonyl (C=O) groups is 1. The molecule has 128 valence electrons. The highest BCUT2D eigenvalue weighted by atomic mass is 32.2. The molecule has 1 N–H and O–H groups in total. The molecule has 1 aliphatic heterocycles. The zero-order valence-electron chi connectivity index (χ0n) is 14.1. The molecule has 0 bridgehead atoms. The van der Waals surface area contributed by atoms with Crippen LogP contribution >= 0.6 is 0 Å². The van der Waals surface area contributed by atoms with Gasteiger partial charge in [-0.3, -0.25) is 4.21 Å². The van der Waals surface area contributed by atoms with Gasteiger partial charge in [-0.25, -0.2) is 4.79 Å². The van der Waals surface area contributed by atoms with Crippen LogP contribution in [-0.2, 0) is 17.2 Å². The van der Waals surface area contributed by atoms with Gasteiger partial charge in [0.15, 0.2) is 0 Å². The average Bonchev–Trinajstić information content (AvgIpc) is 2.54. The molecule has 6 heteroatoms. The highest BCUT2D eigenvalue weighted by molar-refractivity contribution is 7.85. The Morgan fingerprint density at radius 2 is 2.13 bits per heavy atom. The Balaban J connectivity index is 1.87. The van der Waals surface area contributed by atoms with Crippen LogP contribution in [0.25, 0.3) is 0 Å². The second kappa shape index (κ2) is 8.34. The third-order valence-electron chi connectivity index (χ3n) is 4.32. The number of para-hydroxylation sites is 1. The standard InChI is InChI=1S/C17H26N2O3S/c1-4-22-16-8-6-5-7-15(16)9-10-18-17(20)19-11-12-23(21)14(3)13(19)2/h5-8,13-14H,4,9-12H2,1-3H3,(H,18,20)/t13-,14-,23+/m1/s1. The number of hydrogen-bond donors (Lipinski definition) is 1. The maximum atomic E-state index is 12.3. The summed E-state index contributed by atoms with van der Waals surface area (Å²) in [6.07, 6.45) is 0.728. The van der Waals surface area contributed by atoms with E-state index < -0.39 is 10.8 Å². The first-order valence-electron chi connectivity index (χ1n) is 8.17. The summed E-state index contributed by atoms with van der Waals surface area (Å²) < 4.78 is 17.4. The molecule has 1 aromatic carbocycles. The van der Waals surface area contributed by atoms with Crippen LogP contribution in [0.5, 0.6) is 5.75 Å². The Labute approximate surface area is 140 Å². The van der Waals surface area contributed by atoms with Gasteiger partial charge in [-0.1, -0.05) is 18.2 Å². The van der Waals surface area contributed by atoms with Crippen molar-refractivity contribution in [1.29, 1.82) is 0 Å². The summed E-state index contributed by atoms with van der Waals surface area (Å²) in [5.41, 5.74) is 1.09. The van der Waals surface area contributed by atoms with Crippen molar-refractivity contribution in [2.75, 3.05) is 25.4 Å². The first kappa shape index (κ1) is 17.8. The molecule has 0 saturated carbocycles. The van der Waals surface area contributed by atoms with E-state index in [1.54, 1.807) is 4.90 Å². The van der Waals surface area contributed by atoms with Gasteiger partial charge >= 0.3 is 6.03 Å². The zero-order valence-corrected chi connectivity index (χ0v) is 14.9. The lowest BCUT2D eigenvalue weighted by Crippen LogP contribution is -2.55. The van der Waals surface area contributed by atoms with Crippen LogP contribution in [0.15, 0.2) is 24.3 Å². The molecule has 5 nitrogen and oxygen atoms in total. The highest BCUT2D eigenvalue weighted by Gasteiger charge is 2.32. The van der Waals surface area contributed by atoms with Gasteiger partial charge in [-0.05, 0) is 38.8 Å². The van der Waals surface area contributed by atoms with Crippen LogP contribution in [0.2, 0.25) is 0 Å². The number of nitrogens with one attached hydrogen (secondary N) is 1. The van der Waals surface area contributed by atoms with E-state index in [4.69, 9.17) is 4.74 Å². The minimum atomic E-state index is -0.831. The molecule has 1 aliphatic rings. The van der Waals surface area contributed by atoms with Gasteiger partial charge in [-0.15, -0.1) is 0 Å². The van der Waals surface area contributed by atoms with Gasteiger partial charge in [0.05, 0.1) is 11.9 Å². The number of amides is 2. The van der Waals surface area contributed by atoms with E-state index in [9.17, 15) is 9.00 Å². The number of ether oxygens (including phenoxy) is 1. The maximum absolute atomic E-state index is 12.3. The molecule has 1 aromatic rings. The lowest BCUT2D eigenvalue weighted by atomic mass is 10.1. The van der Waals surface area contributed by atoms with Gasteiger partial charge in [0, 0.05) is 35.7 Å². The van der Waals surface area contributed by atoms with Crippen LogP contribution in [0.4, 0.5) is 4.79 Å². The van der Waals surface area contributed by atoms with Crippen molar-refractivity contribution in [3.8, 4) is 5.75 Å². The van der Waals surface area contributed by atoms with Crippen molar-refractivity contribution in [2.24, 2.45) is 0 Å². The topological polar surface area (TPSA) is 58.6 Å². The molecule has 0 aromatic heterocycles. The molecule has 1 heterocycles. The van der Waals surface area contributed by atoms with Gasteiger partial charge in [-0.2, -0.15) is 0 Å². The SMILES string of the molecule is CCOc1ccccc1CCNC(=O)N1CC[S@](=O)[C@H](C)[C@H]1C. The van der Waals surface area contributed by atoms with Gasteiger partial charge in [0.1, 0.15) is 5.75 Å². The van der Waals surface area contributed by atoms with Gasteiger partial charge in [0.2, 0.25) is 0 Å². The highest BCUT2D eigenvalue weighted by Crippen LogP contribution is 2.19. The predicted molar refractivity (Wildman–Crippen MR) is 93.4 cm³/mol. The van der Waals surface area contributed by atoms with Crippen LogP contribution in [0, 0.1) is 0 Å². The Hall–Kier alpha value is -1.56. The van der Waals surface area contributed by atoms with E-state index in [1.165, 1.54) is 0 Å². The largest absolute Gasteiger partial charge is 0.494 e. The van der Waals surface area contributed by atoms with Crippen molar-refractivity contribution in [2.45, 2.75) is 38.5 Å². The third-order valence-corrected chi connectivity index (χ3v) is 6.13. The van der Waals surface area contributed by atoms with E-state index in [-0.39, 0.29) is 17.3 Å². The number of urea groups is 1. The Bertz CT molecular complexity index is 565.